The summed E-state index contributed by atoms with van der Waals surface area (Å²) in [5.74, 6) is -0.503. The fourth-order valence-electron chi connectivity index (χ4n) is 4.86. The van der Waals surface area contributed by atoms with E-state index in [1.807, 2.05) is 19.9 Å². The van der Waals surface area contributed by atoms with E-state index in [9.17, 15) is 18.0 Å². The van der Waals surface area contributed by atoms with Gasteiger partial charge in [-0.1, -0.05) is 20.4 Å². The standard InChI is InChI=1S/C25H31N3O4S2/c1-4-23(29)27-24-16(2)14-28(15-17(24)3)34(31,32)20-11-9-19(10-12-20)26-25(30)22-13-18-7-5-6-8-21(18)33-22/h4,9-13,16-17,24H,1,5-8,14-15H2,2-3H3,(H,26,30)(H,27,29). The number of piperidine rings is 1. The summed E-state index contributed by atoms with van der Waals surface area (Å²) >= 11 is 1.55. The van der Waals surface area contributed by atoms with Gasteiger partial charge in [0, 0.05) is 29.7 Å². The topological polar surface area (TPSA) is 95.6 Å². The highest BCUT2D eigenvalue weighted by Gasteiger charge is 2.38. The summed E-state index contributed by atoms with van der Waals surface area (Å²) in [7, 11) is -3.70. The maximum absolute atomic E-state index is 13.3. The zero-order chi connectivity index (χ0) is 24.5. The molecule has 0 saturated carbocycles. The highest BCUT2D eigenvalue weighted by molar-refractivity contribution is 7.89. The van der Waals surface area contributed by atoms with Crippen LogP contribution in [0.4, 0.5) is 5.69 Å². The lowest BCUT2D eigenvalue weighted by molar-refractivity contribution is -0.118. The number of anilines is 1. The van der Waals surface area contributed by atoms with Crippen LogP contribution in [0.25, 0.3) is 0 Å². The van der Waals surface area contributed by atoms with Gasteiger partial charge in [-0.15, -0.1) is 11.3 Å². The number of thiophene rings is 1. The second-order valence-corrected chi connectivity index (χ2v) is 12.3. The molecule has 4 rings (SSSR count). The molecular formula is C25H31N3O4S2. The summed E-state index contributed by atoms with van der Waals surface area (Å²) in [5, 5.41) is 5.80. The van der Waals surface area contributed by atoms with Gasteiger partial charge in [-0.3, -0.25) is 9.59 Å². The van der Waals surface area contributed by atoms with Gasteiger partial charge >= 0.3 is 0 Å². The van der Waals surface area contributed by atoms with Crippen molar-refractivity contribution in [3.63, 3.8) is 0 Å². The maximum Gasteiger partial charge on any atom is 0.265 e. The molecule has 0 bridgehead atoms. The van der Waals surface area contributed by atoms with Gasteiger partial charge in [-0.25, -0.2) is 8.42 Å². The molecule has 1 aliphatic carbocycles. The third-order valence-corrected chi connectivity index (χ3v) is 9.76. The van der Waals surface area contributed by atoms with E-state index >= 15 is 0 Å². The zero-order valence-electron chi connectivity index (χ0n) is 19.5. The number of benzene rings is 1. The lowest BCUT2D eigenvalue weighted by atomic mass is 9.87. The molecule has 34 heavy (non-hydrogen) atoms. The Hall–Kier alpha value is -2.49. The van der Waals surface area contributed by atoms with Crippen LogP contribution >= 0.6 is 11.3 Å². The molecule has 1 saturated heterocycles. The molecule has 1 aliphatic heterocycles. The minimum Gasteiger partial charge on any atom is -0.349 e. The Labute approximate surface area is 205 Å². The number of nitrogens with one attached hydrogen (secondary N) is 2. The molecule has 2 aromatic rings. The number of aryl methyl sites for hydroxylation is 2. The average Bonchev–Trinajstić information content (AvgIpc) is 3.26. The monoisotopic (exact) mass is 501 g/mol. The van der Waals surface area contributed by atoms with Gasteiger partial charge in [-0.05, 0) is 79.5 Å². The minimum atomic E-state index is -3.70. The van der Waals surface area contributed by atoms with Crippen LogP contribution in [0.3, 0.4) is 0 Å². The molecule has 7 nitrogen and oxygen atoms in total. The van der Waals surface area contributed by atoms with Crippen LogP contribution in [0.15, 0.2) is 47.9 Å². The van der Waals surface area contributed by atoms with Crippen LogP contribution in [0.5, 0.6) is 0 Å². The number of sulfonamides is 1. The number of fused-ring (bicyclic) bond motifs is 1. The van der Waals surface area contributed by atoms with Crippen molar-refractivity contribution < 1.29 is 18.0 Å². The van der Waals surface area contributed by atoms with Crippen LogP contribution in [0, 0.1) is 11.8 Å². The first-order chi connectivity index (χ1) is 16.2. The van der Waals surface area contributed by atoms with Gasteiger partial charge in [0.25, 0.3) is 5.91 Å². The fourth-order valence-corrected chi connectivity index (χ4v) is 7.65. The van der Waals surface area contributed by atoms with Crippen molar-refractivity contribution in [3.8, 4) is 0 Å². The first kappa shape index (κ1) is 24.6. The van der Waals surface area contributed by atoms with Crippen molar-refractivity contribution >= 4 is 38.9 Å². The molecule has 1 fully saturated rings. The van der Waals surface area contributed by atoms with Gasteiger partial charge in [-0.2, -0.15) is 4.31 Å². The normalized spacial score (nSPS) is 23.1. The van der Waals surface area contributed by atoms with Gasteiger partial charge < -0.3 is 10.6 Å². The zero-order valence-corrected chi connectivity index (χ0v) is 21.2. The second kappa shape index (κ2) is 10.0. The maximum atomic E-state index is 13.3. The first-order valence-corrected chi connectivity index (χ1v) is 13.9. The molecule has 2 unspecified atom stereocenters. The third-order valence-electron chi connectivity index (χ3n) is 6.67. The molecule has 2 amide bonds. The first-order valence-electron chi connectivity index (χ1n) is 11.6. The SMILES string of the molecule is C=CC(=O)NC1C(C)CN(S(=O)(=O)c2ccc(NC(=O)c3cc4c(s3)CCCC4)cc2)CC1C. The van der Waals surface area contributed by atoms with Crippen molar-refractivity contribution in [2.75, 3.05) is 18.4 Å². The lowest BCUT2D eigenvalue weighted by Crippen LogP contribution is -2.55. The number of carbonyl (C=O) groups excluding carboxylic acids is 2. The largest absolute Gasteiger partial charge is 0.349 e. The highest BCUT2D eigenvalue weighted by Crippen LogP contribution is 2.31. The summed E-state index contributed by atoms with van der Waals surface area (Å²) in [6.07, 6.45) is 5.63. The van der Waals surface area contributed by atoms with Crippen molar-refractivity contribution in [2.24, 2.45) is 11.8 Å². The van der Waals surface area contributed by atoms with Crippen molar-refractivity contribution in [1.29, 1.82) is 0 Å². The third kappa shape index (κ3) is 5.11. The van der Waals surface area contributed by atoms with E-state index in [4.69, 9.17) is 0 Å². The quantitative estimate of drug-likeness (QED) is 0.588. The highest BCUT2D eigenvalue weighted by atomic mass is 32.2. The molecule has 2 heterocycles. The molecule has 2 atom stereocenters. The van der Waals surface area contributed by atoms with Crippen LogP contribution in [-0.4, -0.2) is 43.7 Å². The molecule has 0 spiro atoms. The second-order valence-electron chi connectivity index (χ2n) is 9.26. The molecular weight excluding hydrogens is 470 g/mol. The summed E-state index contributed by atoms with van der Waals surface area (Å²) in [6, 6.07) is 8.19. The molecule has 182 valence electrons. The van der Waals surface area contributed by atoms with Crippen molar-refractivity contribution in [1.82, 2.24) is 9.62 Å². The van der Waals surface area contributed by atoms with E-state index in [1.165, 1.54) is 45.8 Å². The molecule has 9 heteroatoms. The van der Waals surface area contributed by atoms with Gasteiger partial charge in [0.05, 0.1) is 9.77 Å². The number of rotatable bonds is 6. The van der Waals surface area contributed by atoms with E-state index in [-0.39, 0.29) is 34.6 Å². The summed E-state index contributed by atoms with van der Waals surface area (Å²) < 4.78 is 28.0. The Balaban J connectivity index is 1.42. The molecule has 1 aromatic heterocycles. The number of amides is 2. The van der Waals surface area contributed by atoms with Gasteiger partial charge in [0.15, 0.2) is 0 Å². The summed E-state index contributed by atoms with van der Waals surface area (Å²) in [6.45, 7) is 7.99. The number of carbonyl (C=O) groups is 2. The van der Waals surface area contributed by atoms with E-state index in [2.05, 4.69) is 17.2 Å². The van der Waals surface area contributed by atoms with Crippen LogP contribution in [0.2, 0.25) is 0 Å². The minimum absolute atomic E-state index is 0.0439. The fraction of sp³-hybridized carbons (Fsp3) is 0.440. The van der Waals surface area contributed by atoms with E-state index < -0.39 is 10.0 Å². The van der Waals surface area contributed by atoms with Crippen molar-refractivity contribution in [2.45, 2.75) is 50.5 Å². The van der Waals surface area contributed by atoms with Crippen LogP contribution < -0.4 is 10.6 Å². The Bertz CT molecular complexity index is 1150. The Kier molecular flexibility index (Phi) is 7.25. The van der Waals surface area contributed by atoms with Crippen LogP contribution in [-0.2, 0) is 27.7 Å². The van der Waals surface area contributed by atoms with E-state index in [1.54, 1.807) is 23.5 Å². The Morgan fingerprint density at radius 3 is 2.35 bits per heavy atom. The van der Waals surface area contributed by atoms with Gasteiger partial charge in [0.1, 0.15) is 0 Å². The molecule has 2 N–H and O–H groups in total. The molecule has 1 aromatic carbocycles. The smallest absolute Gasteiger partial charge is 0.265 e. The van der Waals surface area contributed by atoms with E-state index in [0.29, 0.717) is 23.7 Å². The molecule has 2 aliphatic rings. The van der Waals surface area contributed by atoms with Gasteiger partial charge in [0.2, 0.25) is 15.9 Å². The average molecular weight is 502 g/mol. The van der Waals surface area contributed by atoms with Crippen LogP contribution in [0.1, 0.15) is 46.8 Å². The predicted octanol–water partition coefficient (Wildman–Crippen LogP) is 3.83. The summed E-state index contributed by atoms with van der Waals surface area (Å²) in [5.41, 5.74) is 1.84. The lowest BCUT2D eigenvalue weighted by Gasteiger charge is -2.40. The predicted molar refractivity (Wildman–Crippen MR) is 135 cm³/mol. The number of hydrogen-bond acceptors (Lipinski definition) is 5. The van der Waals surface area contributed by atoms with E-state index in [0.717, 1.165) is 12.8 Å². The summed E-state index contributed by atoms with van der Waals surface area (Å²) in [4.78, 5) is 26.6. The number of hydrogen-bond donors (Lipinski definition) is 2. The van der Waals surface area contributed by atoms with Crippen molar-refractivity contribution in [3.05, 3.63) is 58.3 Å². The molecule has 0 radical (unpaired) electrons. The Morgan fingerprint density at radius 1 is 1.09 bits per heavy atom. The number of nitrogens with zero attached hydrogens (tertiary/aromatic N) is 1. The Morgan fingerprint density at radius 2 is 1.74 bits per heavy atom.